The van der Waals surface area contributed by atoms with Gasteiger partial charge in [0.05, 0.1) is 0 Å². The molecule has 1 saturated heterocycles. The van der Waals surface area contributed by atoms with Crippen molar-refractivity contribution in [1.29, 1.82) is 0 Å². The molecule has 23 heavy (non-hydrogen) atoms. The maximum atomic E-state index is 12.1. The van der Waals surface area contributed by atoms with Crippen molar-refractivity contribution in [3.63, 3.8) is 0 Å². The average Bonchev–Trinajstić information content (AvgIpc) is 2.83. The summed E-state index contributed by atoms with van der Waals surface area (Å²) >= 11 is 0. The first kappa shape index (κ1) is 20.0. The first-order chi connectivity index (χ1) is 10.5. The molecule has 0 aromatic heterocycles. The van der Waals surface area contributed by atoms with Crippen molar-refractivity contribution in [3.8, 4) is 0 Å². The lowest BCUT2D eigenvalue weighted by Gasteiger charge is -2.27. The van der Waals surface area contributed by atoms with Gasteiger partial charge < -0.3 is 14.2 Å². The number of esters is 1. The number of hydrogen-bond acceptors (Lipinski definition) is 5. The third kappa shape index (κ3) is 7.83. The van der Waals surface area contributed by atoms with Gasteiger partial charge in [0.25, 0.3) is 0 Å². The van der Waals surface area contributed by atoms with Crippen LogP contribution in [0.4, 0.5) is 4.79 Å². The van der Waals surface area contributed by atoms with E-state index in [0.717, 1.165) is 12.5 Å². The highest BCUT2D eigenvalue weighted by atomic mass is 28.3. The molecule has 1 fully saturated rings. The molecule has 0 aromatic rings. The van der Waals surface area contributed by atoms with E-state index in [2.05, 4.69) is 19.6 Å². The van der Waals surface area contributed by atoms with Gasteiger partial charge in [0, 0.05) is 21.2 Å². The Balaban J connectivity index is 2.38. The fourth-order valence-corrected chi connectivity index (χ4v) is 2.94. The van der Waals surface area contributed by atoms with Crippen molar-refractivity contribution in [2.24, 2.45) is 0 Å². The summed E-state index contributed by atoms with van der Waals surface area (Å²) in [4.78, 5) is 25.7. The Labute approximate surface area is 140 Å². The number of hydrogen-bond donors (Lipinski definition) is 0. The van der Waals surface area contributed by atoms with E-state index in [9.17, 15) is 9.59 Å². The van der Waals surface area contributed by atoms with Crippen LogP contribution in [0.2, 0.25) is 25.7 Å². The minimum atomic E-state index is -1.14. The normalized spacial score (nSPS) is 18.9. The number of rotatable bonds is 6. The minimum Gasteiger partial charge on any atom is -0.444 e. The zero-order valence-corrected chi connectivity index (χ0v) is 16.3. The summed E-state index contributed by atoms with van der Waals surface area (Å²) in [6, 6.07) is 0.461. The van der Waals surface area contributed by atoms with E-state index in [1.807, 2.05) is 0 Å². The summed E-state index contributed by atoms with van der Waals surface area (Å²) in [6.45, 7) is 13.3. The topological polar surface area (TPSA) is 65.1 Å². The molecule has 7 heteroatoms. The average molecular weight is 346 g/mol. The number of nitrogens with zero attached hydrogens (tertiary/aromatic N) is 1. The quantitative estimate of drug-likeness (QED) is 0.320. The van der Waals surface area contributed by atoms with Crippen LogP contribution in [-0.4, -0.2) is 56.6 Å². The van der Waals surface area contributed by atoms with E-state index in [0.29, 0.717) is 19.6 Å². The van der Waals surface area contributed by atoms with Gasteiger partial charge in [-0.25, -0.2) is 9.59 Å². The molecular weight excluding hydrogens is 314 g/mol. The summed E-state index contributed by atoms with van der Waals surface area (Å²) in [5, 5.41) is 0. The second kappa shape index (κ2) is 8.15. The first-order valence-corrected chi connectivity index (χ1v) is 11.9. The summed E-state index contributed by atoms with van der Waals surface area (Å²) in [5.74, 6) is -0.415. The summed E-state index contributed by atoms with van der Waals surface area (Å²) < 4.78 is 15.9. The molecular formula is C16H31NO5Si. The second-order valence-electron chi connectivity index (χ2n) is 8.13. The smallest absolute Gasteiger partial charge is 0.411 e. The molecule has 1 aliphatic rings. The van der Waals surface area contributed by atoms with E-state index in [1.54, 1.807) is 20.8 Å². The number of ether oxygens (including phenoxy) is 3. The lowest BCUT2D eigenvalue weighted by molar-refractivity contribution is -0.160. The zero-order valence-electron chi connectivity index (χ0n) is 15.3. The highest BCUT2D eigenvalue weighted by molar-refractivity contribution is 6.76. The van der Waals surface area contributed by atoms with Gasteiger partial charge in [-0.3, -0.25) is 4.90 Å². The van der Waals surface area contributed by atoms with Gasteiger partial charge in [0.2, 0.25) is 0 Å². The van der Waals surface area contributed by atoms with Gasteiger partial charge in [0.15, 0.2) is 6.79 Å². The molecule has 0 saturated carbocycles. The predicted octanol–water partition coefficient (Wildman–Crippen LogP) is 3.24. The molecule has 1 amide bonds. The van der Waals surface area contributed by atoms with Crippen LogP contribution in [0.25, 0.3) is 0 Å². The Morgan fingerprint density at radius 3 is 2.43 bits per heavy atom. The lowest BCUT2D eigenvalue weighted by Crippen LogP contribution is -2.44. The van der Waals surface area contributed by atoms with Gasteiger partial charge in [0.1, 0.15) is 11.6 Å². The van der Waals surface area contributed by atoms with Crippen LogP contribution in [-0.2, 0) is 19.0 Å². The van der Waals surface area contributed by atoms with E-state index >= 15 is 0 Å². The van der Waals surface area contributed by atoms with Gasteiger partial charge >= 0.3 is 12.1 Å². The Kier molecular flexibility index (Phi) is 7.07. The van der Waals surface area contributed by atoms with Crippen LogP contribution in [0.3, 0.4) is 0 Å². The molecule has 0 aliphatic carbocycles. The van der Waals surface area contributed by atoms with Crippen LogP contribution in [0.5, 0.6) is 0 Å². The highest BCUT2D eigenvalue weighted by Gasteiger charge is 2.37. The first-order valence-electron chi connectivity index (χ1n) is 8.24. The Morgan fingerprint density at radius 1 is 1.22 bits per heavy atom. The lowest BCUT2D eigenvalue weighted by atomic mass is 10.2. The van der Waals surface area contributed by atoms with Crippen LogP contribution >= 0.6 is 0 Å². The van der Waals surface area contributed by atoms with Crippen molar-refractivity contribution in [1.82, 2.24) is 4.90 Å². The summed E-state index contributed by atoms with van der Waals surface area (Å²) in [5.41, 5.74) is -0.575. The van der Waals surface area contributed by atoms with Gasteiger partial charge in [-0.15, -0.1) is 0 Å². The number of amides is 1. The summed E-state index contributed by atoms with van der Waals surface area (Å²) in [6.07, 6.45) is 0.916. The van der Waals surface area contributed by atoms with E-state index in [4.69, 9.17) is 14.2 Å². The van der Waals surface area contributed by atoms with Crippen LogP contribution in [0.15, 0.2) is 0 Å². The molecule has 0 bridgehead atoms. The standard InChI is InChI=1S/C16H31NO5Si/c1-16(2,3)22-15(19)17-9-7-8-13(17)14(18)21-12-20-10-11-23(4,5)6/h13H,7-12H2,1-6H3/t13-/m0/s1. The predicted molar refractivity (Wildman–Crippen MR) is 91.0 cm³/mol. The monoisotopic (exact) mass is 345 g/mol. The van der Waals surface area contributed by atoms with Crippen LogP contribution < -0.4 is 0 Å². The Hall–Kier alpha value is -1.08. The molecule has 0 spiro atoms. The Bertz CT molecular complexity index is 414. The molecule has 134 valence electrons. The number of likely N-dealkylation sites (tertiary alicyclic amines) is 1. The van der Waals surface area contributed by atoms with Crippen molar-refractivity contribution >= 4 is 20.1 Å². The van der Waals surface area contributed by atoms with Crippen molar-refractivity contribution in [2.45, 2.75) is 70.9 Å². The molecule has 0 unspecified atom stereocenters. The van der Waals surface area contributed by atoms with Gasteiger partial charge in [-0.1, -0.05) is 19.6 Å². The largest absolute Gasteiger partial charge is 0.444 e. The molecule has 0 radical (unpaired) electrons. The van der Waals surface area contributed by atoms with Gasteiger partial charge in [-0.2, -0.15) is 0 Å². The highest BCUT2D eigenvalue weighted by Crippen LogP contribution is 2.21. The molecule has 0 aromatic carbocycles. The molecule has 1 rings (SSSR count). The minimum absolute atomic E-state index is 0.0536. The summed E-state index contributed by atoms with van der Waals surface area (Å²) in [7, 11) is -1.14. The van der Waals surface area contributed by atoms with Crippen molar-refractivity contribution in [3.05, 3.63) is 0 Å². The molecule has 6 nitrogen and oxygen atoms in total. The fourth-order valence-electron chi connectivity index (χ4n) is 2.18. The van der Waals surface area contributed by atoms with Crippen molar-refractivity contribution in [2.75, 3.05) is 19.9 Å². The molecule has 0 N–H and O–H groups in total. The maximum absolute atomic E-state index is 12.1. The fraction of sp³-hybridized carbons (Fsp3) is 0.875. The van der Waals surface area contributed by atoms with Crippen LogP contribution in [0.1, 0.15) is 33.6 Å². The number of carbonyl (C=O) groups excluding carboxylic acids is 2. The van der Waals surface area contributed by atoms with Crippen LogP contribution in [0, 0.1) is 0 Å². The third-order valence-electron chi connectivity index (χ3n) is 3.43. The molecule has 1 heterocycles. The van der Waals surface area contributed by atoms with E-state index in [1.165, 1.54) is 4.90 Å². The SMILES string of the molecule is CC(C)(C)OC(=O)N1CCC[C@H]1C(=O)OCOCC[Si](C)(C)C. The molecule has 1 atom stereocenters. The second-order valence-corrected chi connectivity index (χ2v) is 13.8. The zero-order chi connectivity index (χ0) is 17.7. The Morgan fingerprint density at radius 2 is 1.87 bits per heavy atom. The maximum Gasteiger partial charge on any atom is 0.411 e. The van der Waals surface area contributed by atoms with E-state index in [-0.39, 0.29) is 6.79 Å². The third-order valence-corrected chi connectivity index (χ3v) is 5.14. The van der Waals surface area contributed by atoms with E-state index < -0.39 is 31.8 Å². The van der Waals surface area contributed by atoms with Crippen molar-refractivity contribution < 1.29 is 23.8 Å². The number of carbonyl (C=O) groups is 2. The molecule has 1 aliphatic heterocycles. The van der Waals surface area contributed by atoms with Gasteiger partial charge in [-0.05, 0) is 39.7 Å².